The molecule has 1 fully saturated rings. The van der Waals surface area contributed by atoms with Crippen LogP contribution in [0.3, 0.4) is 0 Å². The Labute approximate surface area is 176 Å². The van der Waals surface area contributed by atoms with Gasteiger partial charge in [-0.3, -0.25) is 0 Å². The Hall–Kier alpha value is -2.17. The van der Waals surface area contributed by atoms with E-state index < -0.39 is 21.8 Å². The number of sulfonamides is 1. The van der Waals surface area contributed by atoms with Crippen LogP contribution in [0.4, 0.5) is 13.2 Å². The van der Waals surface area contributed by atoms with E-state index >= 15 is 0 Å². The summed E-state index contributed by atoms with van der Waals surface area (Å²) in [6.07, 6.45) is -3.51. The van der Waals surface area contributed by atoms with Crippen LogP contribution in [0.25, 0.3) is 11.0 Å². The molecule has 6 nitrogen and oxygen atoms in total. The number of hydrogen-bond donors (Lipinski definition) is 0. The van der Waals surface area contributed by atoms with Gasteiger partial charge in [-0.15, -0.1) is 5.10 Å². The number of rotatable bonds is 3. The Morgan fingerprint density at radius 2 is 1.80 bits per heavy atom. The Morgan fingerprint density at radius 1 is 1.10 bits per heavy atom. The Kier molecular flexibility index (Phi) is 5.27. The molecule has 0 N–H and O–H groups in total. The molecule has 11 heteroatoms. The minimum Gasteiger partial charge on any atom is -0.242 e. The predicted molar refractivity (Wildman–Crippen MR) is 106 cm³/mol. The summed E-state index contributed by atoms with van der Waals surface area (Å²) in [6.45, 7) is 2.32. The third-order valence-electron chi connectivity index (χ3n) is 5.35. The van der Waals surface area contributed by atoms with Crippen LogP contribution >= 0.6 is 11.6 Å². The number of benzene rings is 2. The number of aromatic nitrogens is 3. The summed E-state index contributed by atoms with van der Waals surface area (Å²) in [5.74, 6) is 0. The summed E-state index contributed by atoms with van der Waals surface area (Å²) >= 11 is 6.07. The van der Waals surface area contributed by atoms with Crippen LogP contribution < -0.4 is 0 Å². The summed E-state index contributed by atoms with van der Waals surface area (Å²) in [4.78, 5) is 0.141. The Morgan fingerprint density at radius 3 is 2.43 bits per heavy atom. The molecule has 0 bridgehead atoms. The zero-order chi connectivity index (χ0) is 21.7. The number of hydrogen-bond acceptors (Lipinski definition) is 4. The summed E-state index contributed by atoms with van der Waals surface area (Å²) in [7, 11) is -3.68. The predicted octanol–water partition coefficient (Wildman–Crippen LogP) is 4.44. The maximum absolute atomic E-state index is 12.9. The number of fused-ring (bicyclic) bond motifs is 1. The van der Waals surface area contributed by atoms with Crippen LogP contribution in [-0.2, 0) is 16.2 Å². The third kappa shape index (κ3) is 3.79. The molecule has 2 aromatic carbocycles. The lowest BCUT2D eigenvalue weighted by Gasteiger charge is -2.31. The zero-order valence-corrected chi connectivity index (χ0v) is 17.5. The normalized spacial score (nSPS) is 17.0. The van der Waals surface area contributed by atoms with E-state index in [1.54, 1.807) is 17.7 Å². The molecule has 0 saturated carbocycles. The molecule has 0 radical (unpaired) electrons. The minimum atomic E-state index is -4.45. The lowest BCUT2D eigenvalue weighted by atomic mass is 10.1. The Bertz CT molecular complexity index is 1200. The fraction of sp³-hybridized carbons (Fsp3) is 0.368. The molecule has 1 saturated heterocycles. The fourth-order valence-electron chi connectivity index (χ4n) is 3.60. The molecule has 160 valence electrons. The van der Waals surface area contributed by atoms with Gasteiger partial charge in [0.1, 0.15) is 5.52 Å². The Balaban J connectivity index is 1.52. The molecule has 30 heavy (non-hydrogen) atoms. The second-order valence-electron chi connectivity index (χ2n) is 7.28. The van der Waals surface area contributed by atoms with Crippen molar-refractivity contribution in [1.82, 2.24) is 19.3 Å². The average molecular weight is 459 g/mol. The molecule has 0 amide bonds. The second-order valence-corrected chi connectivity index (χ2v) is 9.63. The van der Waals surface area contributed by atoms with Crippen molar-refractivity contribution in [2.45, 2.75) is 36.9 Å². The highest BCUT2D eigenvalue weighted by atomic mass is 35.5. The lowest BCUT2D eigenvalue weighted by Crippen LogP contribution is -2.39. The monoisotopic (exact) mass is 458 g/mol. The van der Waals surface area contributed by atoms with Crippen LogP contribution in [0.5, 0.6) is 0 Å². The molecule has 3 aromatic rings. The van der Waals surface area contributed by atoms with Gasteiger partial charge < -0.3 is 0 Å². The maximum Gasteiger partial charge on any atom is 0.416 e. The van der Waals surface area contributed by atoms with E-state index in [4.69, 9.17) is 11.6 Å². The average Bonchev–Trinajstić information content (AvgIpc) is 3.12. The fourth-order valence-corrected chi connectivity index (χ4v) is 5.34. The van der Waals surface area contributed by atoms with E-state index in [-0.39, 0.29) is 29.5 Å². The largest absolute Gasteiger partial charge is 0.416 e. The molecule has 1 aliphatic heterocycles. The van der Waals surface area contributed by atoms with Crippen LogP contribution in [0.15, 0.2) is 41.3 Å². The molecule has 4 rings (SSSR count). The molecule has 2 heterocycles. The number of aryl methyl sites for hydroxylation is 1. The molecule has 0 spiro atoms. The van der Waals surface area contributed by atoms with Crippen molar-refractivity contribution in [3.8, 4) is 0 Å². The first-order valence-electron chi connectivity index (χ1n) is 9.26. The first kappa shape index (κ1) is 21.1. The highest BCUT2D eigenvalue weighted by Crippen LogP contribution is 2.33. The molecule has 1 aliphatic rings. The number of halogens is 4. The quantitative estimate of drug-likeness (QED) is 0.582. The van der Waals surface area contributed by atoms with Gasteiger partial charge in [0.2, 0.25) is 10.0 Å². The summed E-state index contributed by atoms with van der Waals surface area (Å²) < 4.78 is 67.5. The van der Waals surface area contributed by atoms with E-state index in [1.807, 2.05) is 0 Å². The molecule has 0 atom stereocenters. The SMILES string of the molecule is Cc1ccc(S(=O)(=O)N2CCC(n3nnc4cc(C(F)(F)F)ccc43)CC2)cc1Cl. The van der Waals surface area contributed by atoms with Gasteiger partial charge in [0.25, 0.3) is 0 Å². The van der Waals surface area contributed by atoms with Gasteiger partial charge in [0, 0.05) is 18.1 Å². The summed E-state index contributed by atoms with van der Waals surface area (Å²) in [6, 6.07) is 7.82. The molecule has 0 unspecified atom stereocenters. The van der Waals surface area contributed by atoms with Gasteiger partial charge in [0.15, 0.2) is 0 Å². The number of nitrogens with zero attached hydrogens (tertiary/aromatic N) is 4. The highest BCUT2D eigenvalue weighted by molar-refractivity contribution is 7.89. The summed E-state index contributed by atoms with van der Waals surface area (Å²) in [5, 5.41) is 8.28. The smallest absolute Gasteiger partial charge is 0.242 e. The lowest BCUT2D eigenvalue weighted by molar-refractivity contribution is -0.137. The first-order valence-corrected chi connectivity index (χ1v) is 11.1. The van der Waals surface area contributed by atoms with Crippen LogP contribution in [0.2, 0.25) is 5.02 Å². The van der Waals surface area contributed by atoms with Crippen molar-refractivity contribution in [1.29, 1.82) is 0 Å². The second kappa shape index (κ2) is 7.51. The number of alkyl halides is 3. The van der Waals surface area contributed by atoms with Gasteiger partial charge >= 0.3 is 6.18 Å². The first-order chi connectivity index (χ1) is 14.1. The van der Waals surface area contributed by atoms with E-state index in [9.17, 15) is 21.6 Å². The standard InChI is InChI=1S/C19H18ClF3N4O2S/c1-12-2-4-15(11-16(12)20)30(28,29)26-8-6-14(7-9-26)27-18-5-3-13(19(21,22)23)10-17(18)24-25-27/h2-5,10-11,14H,6-9H2,1H3. The van der Waals surface area contributed by atoms with Crippen LogP contribution in [-0.4, -0.2) is 40.8 Å². The van der Waals surface area contributed by atoms with Gasteiger partial charge in [-0.1, -0.05) is 22.9 Å². The topological polar surface area (TPSA) is 68.1 Å². The highest BCUT2D eigenvalue weighted by Gasteiger charge is 2.33. The maximum atomic E-state index is 12.9. The summed E-state index contributed by atoms with van der Waals surface area (Å²) in [5.41, 5.74) is 0.671. The third-order valence-corrected chi connectivity index (χ3v) is 7.65. The van der Waals surface area contributed by atoms with Crippen molar-refractivity contribution in [3.63, 3.8) is 0 Å². The molecule has 1 aromatic heterocycles. The van der Waals surface area contributed by atoms with Crippen LogP contribution in [0, 0.1) is 6.92 Å². The van der Waals surface area contributed by atoms with E-state index in [2.05, 4.69) is 10.3 Å². The van der Waals surface area contributed by atoms with Crippen molar-refractivity contribution in [2.75, 3.05) is 13.1 Å². The number of piperidine rings is 1. The molecular weight excluding hydrogens is 441 g/mol. The van der Waals surface area contributed by atoms with Crippen LogP contribution in [0.1, 0.15) is 30.0 Å². The van der Waals surface area contributed by atoms with Crippen molar-refractivity contribution in [2.24, 2.45) is 0 Å². The van der Waals surface area contributed by atoms with E-state index in [0.717, 1.165) is 17.7 Å². The van der Waals surface area contributed by atoms with E-state index in [1.165, 1.54) is 22.5 Å². The van der Waals surface area contributed by atoms with E-state index in [0.29, 0.717) is 23.4 Å². The van der Waals surface area contributed by atoms with Gasteiger partial charge in [-0.05, 0) is 55.7 Å². The zero-order valence-electron chi connectivity index (χ0n) is 15.9. The molecular formula is C19H18ClF3N4O2S. The van der Waals surface area contributed by atoms with Gasteiger partial charge in [0.05, 0.1) is 22.0 Å². The minimum absolute atomic E-state index is 0.141. The van der Waals surface area contributed by atoms with Crippen molar-refractivity contribution >= 4 is 32.7 Å². The molecule has 0 aliphatic carbocycles. The van der Waals surface area contributed by atoms with Gasteiger partial charge in [-0.25, -0.2) is 13.1 Å². The van der Waals surface area contributed by atoms with Crippen molar-refractivity contribution < 1.29 is 21.6 Å². The van der Waals surface area contributed by atoms with Gasteiger partial charge in [-0.2, -0.15) is 17.5 Å². The van der Waals surface area contributed by atoms with Crippen molar-refractivity contribution in [3.05, 3.63) is 52.5 Å².